The molecule has 4 aromatic carbocycles. The highest BCUT2D eigenvalue weighted by Gasteiger charge is 2.43. The number of hydrogen-bond donors (Lipinski definition) is 2. The second-order valence-corrected chi connectivity index (χ2v) is 11.3. The van der Waals surface area contributed by atoms with E-state index in [1.165, 1.54) is 28.0 Å². The van der Waals surface area contributed by atoms with Gasteiger partial charge in [0.2, 0.25) is 11.8 Å². The Labute approximate surface area is 259 Å². The van der Waals surface area contributed by atoms with E-state index >= 15 is 0 Å². The zero-order valence-electron chi connectivity index (χ0n) is 24.1. The number of carbonyl (C=O) groups excluding carboxylic acids is 4. The maximum Gasteiger partial charge on any atom is 0.251 e. The highest BCUT2D eigenvalue weighted by Crippen LogP contribution is 2.33. The molecule has 0 bridgehead atoms. The fourth-order valence-corrected chi connectivity index (χ4v) is 6.01. The van der Waals surface area contributed by atoms with Crippen molar-refractivity contribution in [3.05, 3.63) is 119 Å². The van der Waals surface area contributed by atoms with Gasteiger partial charge in [0.15, 0.2) is 0 Å². The summed E-state index contributed by atoms with van der Waals surface area (Å²) < 4.78 is 13.7. The van der Waals surface area contributed by atoms with Gasteiger partial charge in [-0.3, -0.25) is 19.2 Å². The molecule has 226 valence electrons. The standard InChI is InChI=1S/C34H32ClFN4O4/c1-21-15-16-39(29(32(37)42)19-23-9-4-8-22-7-2-3-14-28(22)23)34(44)31(24-10-5-12-26(35)17-24)40(21)30(41)20-38-33(43)25-11-6-13-27(36)18-25/h2-14,17-18,21,29,31H,15-16,19-20H2,1H3,(H2,37,42)(H,38,43). The molecule has 1 fully saturated rings. The molecular formula is C34H32ClFN4O4. The number of halogens is 2. The Morgan fingerprint density at radius 3 is 2.48 bits per heavy atom. The summed E-state index contributed by atoms with van der Waals surface area (Å²) in [6, 6.07) is 22.8. The van der Waals surface area contributed by atoms with Crippen molar-refractivity contribution in [2.45, 2.75) is 37.9 Å². The lowest BCUT2D eigenvalue weighted by atomic mass is 9.96. The van der Waals surface area contributed by atoms with E-state index in [1.807, 2.05) is 49.4 Å². The Hall–Kier alpha value is -4.76. The third-order valence-electron chi connectivity index (χ3n) is 8.00. The van der Waals surface area contributed by atoms with Crippen molar-refractivity contribution >= 4 is 46.0 Å². The van der Waals surface area contributed by atoms with Crippen LogP contribution in [0.1, 0.15) is 40.9 Å². The molecule has 4 aromatic rings. The Kier molecular flexibility index (Phi) is 9.25. The quantitative estimate of drug-likeness (QED) is 0.301. The van der Waals surface area contributed by atoms with E-state index in [0.717, 1.165) is 22.4 Å². The van der Waals surface area contributed by atoms with Gasteiger partial charge in [-0.25, -0.2) is 4.39 Å². The summed E-state index contributed by atoms with van der Waals surface area (Å²) >= 11 is 6.32. The van der Waals surface area contributed by atoms with E-state index in [0.29, 0.717) is 17.0 Å². The van der Waals surface area contributed by atoms with Gasteiger partial charge in [0.1, 0.15) is 17.9 Å². The smallest absolute Gasteiger partial charge is 0.251 e. The number of amides is 4. The monoisotopic (exact) mass is 614 g/mol. The number of rotatable bonds is 8. The van der Waals surface area contributed by atoms with Crippen LogP contribution in [-0.2, 0) is 20.8 Å². The topological polar surface area (TPSA) is 113 Å². The molecule has 0 saturated carbocycles. The first-order valence-electron chi connectivity index (χ1n) is 14.3. The molecule has 8 nitrogen and oxygen atoms in total. The molecule has 1 saturated heterocycles. The zero-order valence-corrected chi connectivity index (χ0v) is 24.8. The molecule has 5 rings (SSSR count). The van der Waals surface area contributed by atoms with Crippen molar-refractivity contribution in [1.82, 2.24) is 15.1 Å². The van der Waals surface area contributed by atoms with Crippen molar-refractivity contribution in [1.29, 1.82) is 0 Å². The highest BCUT2D eigenvalue weighted by molar-refractivity contribution is 6.30. The number of benzene rings is 4. The van der Waals surface area contributed by atoms with Crippen molar-refractivity contribution in [2.75, 3.05) is 13.1 Å². The van der Waals surface area contributed by atoms with Gasteiger partial charge in [0.25, 0.3) is 11.8 Å². The number of hydrogen-bond acceptors (Lipinski definition) is 4. The number of nitrogens with one attached hydrogen (secondary N) is 1. The van der Waals surface area contributed by atoms with E-state index in [4.69, 9.17) is 17.3 Å². The first-order valence-corrected chi connectivity index (χ1v) is 14.7. The third kappa shape index (κ3) is 6.58. The van der Waals surface area contributed by atoms with Crippen LogP contribution in [0.2, 0.25) is 5.02 Å². The highest BCUT2D eigenvalue weighted by atomic mass is 35.5. The summed E-state index contributed by atoms with van der Waals surface area (Å²) in [5.41, 5.74) is 7.33. The van der Waals surface area contributed by atoms with E-state index in [2.05, 4.69) is 5.32 Å². The average molecular weight is 615 g/mol. The van der Waals surface area contributed by atoms with Crippen LogP contribution in [0, 0.1) is 5.82 Å². The van der Waals surface area contributed by atoms with Gasteiger partial charge in [-0.05, 0) is 65.6 Å². The number of nitrogens with two attached hydrogens (primary N) is 1. The second kappa shape index (κ2) is 13.3. The maximum atomic E-state index is 14.5. The van der Waals surface area contributed by atoms with Gasteiger partial charge in [-0.15, -0.1) is 0 Å². The lowest BCUT2D eigenvalue weighted by Gasteiger charge is -2.36. The Balaban J connectivity index is 1.47. The first kappa shape index (κ1) is 30.7. The van der Waals surface area contributed by atoms with Gasteiger partial charge in [-0.1, -0.05) is 72.3 Å². The molecule has 44 heavy (non-hydrogen) atoms. The lowest BCUT2D eigenvalue weighted by Crippen LogP contribution is -2.53. The second-order valence-electron chi connectivity index (χ2n) is 10.9. The predicted molar refractivity (Wildman–Crippen MR) is 166 cm³/mol. The van der Waals surface area contributed by atoms with E-state index < -0.39 is 54.1 Å². The minimum atomic E-state index is -1.14. The lowest BCUT2D eigenvalue weighted by molar-refractivity contribution is -0.148. The number of nitrogens with zero attached hydrogens (tertiary/aromatic N) is 2. The van der Waals surface area contributed by atoms with E-state index in [1.54, 1.807) is 24.3 Å². The van der Waals surface area contributed by atoms with Crippen LogP contribution in [0.25, 0.3) is 10.8 Å². The molecule has 3 unspecified atom stereocenters. The zero-order chi connectivity index (χ0) is 31.4. The van der Waals surface area contributed by atoms with Crippen LogP contribution in [0.15, 0.2) is 91.0 Å². The van der Waals surface area contributed by atoms with Crippen LogP contribution in [0.4, 0.5) is 4.39 Å². The van der Waals surface area contributed by atoms with Gasteiger partial charge in [0.05, 0.1) is 6.54 Å². The third-order valence-corrected chi connectivity index (χ3v) is 8.23. The number of primary amides is 1. The molecule has 4 amide bonds. The molecule has 1 heterocycles. The molecule has 3 atom stereocenters. The molecule has 10 heteroatoms. The Bertz CT molecular complexity index is 1730. The molecule has 1 aliphatic rings. The van der Waals surface area contributed by atoms with Crippen molar-refractivity contribution in [3.8, 4) is 0 Å². The van der Waals surface area contributed by atoms with Crippen LogP contribution in [0.5, 0.6) is 0 Å². The molecule has 0 spiro atoms. The Morgan fingerprint density at radius 2 is 1.73 bits per heavy atom. The van der Waals surface area contributed by atoms with Gasteiger partial charge < -0.3 is 20.9 Å². The molecule has 0 aliphatic carbocycles. The van der Waals surface area contributed by atoms with E-state index in [9.17, 15) is 23.6 Å². The molecular weight excluding hydrogens is 583 g/mol. The molecule has 3 N–H and O–H groups in total. The van der Waals surface area contributed by atoms with Crippen LogP contribution < -0.4 is 11.1 Å². The molecule has 0 aromatic heterocycles. The largest absolute Gasteiger partial charge is 0.368 e. The fraction of sp³-hybridized carbons (Fsp3) is 0.235. The van der Waals surface area contributed by atoms with Crippen LogP contribution in [0.3, 0.4) is 0 Å². The predicted octanol–water partition coefficient (Wildman–Crippen LogP) is 4.65. The summed E-state index contributed by atoms with van der Waals surface area (Å²) in [4.78, 5) is 56.8. The normalized spacial score (nSPS) is 17.7. The van der Waals surface area contributed by atoms with Crippen molar-refractivity contribution in [3.63, 3.8) is 0 Å². The summed E-state index contributed by atoms with van der Waals surface area (Å²) in [6.07, 6.45) is 0.544. The SMILES string of the molecule is CC1CCN(C(Cc2cccc3ccccc23)C(N)=O)C(=O)C(c2cccc(Cl)c2)N1C(=O)CNC(=O)c1cccc(F)c1. The number of carbonyl (C=O) groups is 4. The minimum Gasteiger partial charge on any atom is -0.368 e. The first-order chi connectivity index (χ1) is 21.1. The summed E-state index contributed by atoms with van der Waals surface area (Å²) in [7, 11) is 0. The van der Waals surface area contributed by atoms with Crippen LogP contribution in [-0.4, -0.2) is 58.6 Å². The van der Waals surface area contributed by atoms with Crippen LogP contribution >= 0.6 is 11.6 Å². The van der Waals surface area contributed by atoms with Crippen molar-refractivity contribution < 1.29 is 23.6 Å². The molecule has 1 aliphatic heterocycles. The van der Waals surface area contributed by atoms with Gasteiger partial charge >= 0.3 is 0 Å². The fourth-order valence-electron chi connectivity index (χ4n) is 5.81. The average Bonchev–Trinajstić information content (AvgIpc) is 3.13. The molecule has 0 radical (unpaired) electrons. The van der Waals surface area contributed by atoms with Gasteiger partial charge in [-0.2, -0.15) is 0 Å². The van der Waals surface area contributed by atoms with E-state index in [-0.39, 0.29) is 18.5 Å². The maximum absolute atomic E-state index is 14.5. The summed E-state index contributed by atoms with van der Waals surface area (Å²) in [5, 5.41) is 4.86. The summed E-state index contributed by atoms with van der Waals surface area (Å²) in [6.45, 7) is 1.55. The van der Waals surface area contributed by atoms with Crippen molar-refractivity contribution in [2.24, 2.45) is 5.73 Å². The number of fused-ring (bicyclic) bond motifs is 1. The minimum absolute atomic E-state index is 0.0630. The Morgan fingerprint density at radius 1 is 1.00 bits per heavy atom. The van der Waals surface area contributed by atoms with Gasteiger partial charge in [0, 0.05) is 29.6 Å². The summed E-state index contributed by atoms with van der Waals surface area (Å²) in [5.74, 6) is -2.87.